The number of unbranched alkanes of at least 4 members (excludes halogenated alkanes) is 12. The monoisotopic (exact) mass is 808 g/mol. The van der Waals surface area contributed by atoms with E-state index < -0.39 is 51.1 Å². The number of allylic oxidation sites excluding steroid dienone is 12. The summed E-state index contributed by atoms with van der Waals surface area (Å²) in [6, 6.07) is -1.54. The van der Waals surface area contributed by atoms with Crippen LogP contribution in [0.5, 0.6) is 0 Å². The maximum absolute atomic E-state index is 12.6. The average molecular weight is 808 g/mol. The van der Waals surface area contributed by atoms with E-state index in [2.05, 4.69) is 79.1 Å². The van der Waals surface area contributed by atoms with Gasteiger partial charge in [-0.25, -0.2) is 4.57 Å². The van der Waals surface area contributed by atoms with Gasteiger partial charge in [-0.3, -0.25) is 23.4 Å². The van der Waals surface area contributed by atoms with Crippen LogP contribution in [0.3, 0.4) is 0 Å². The molecule has 0 saturated heterocycles. The Bertz CT molecular complexity index is 1230. The lowest BCUT2D eigenvalue weighted by atomic mass is 10.1. The van der Waals surface area contributed by atoms with Gasteiger partial charge in [-0.1, -0.05) is 138 Å². The number of carboxylic acid groups (broad SMARTS) is 1. The molecule has 11 nitrogen and oxygen atoms in total. The summed E-state index contributed by atoms with van der Waals surface area (Å²) < 4.78 is 32.6. The molecule has 0 aliphatic carbocycles. The molecule has 0 aromatic rings. The topological polar surface area (TPSA) is 172 Å². The molecule has 0 amide bonds. The highest BCUT2D eigenvalue weighted by atomic mass is 31.2. The van der Waals surface area contributed by atoms with E-state index in [9.17, 15) is 23.8 Å². The molecule has 1 unspecified atom stereocenters. The SMILES string of the molecule is CC/C=C/C/C=C/C/C=C/C/C=C/C/C=C/CCCC(=O)O[C@H](COC(=O)CCCC/C=C/CCCCCCCCCCC)COP(=O)(O)OC[C@H](N)C(=O)O. The molecule has 320 valence electrons. The van der Waals surface area contributed by atoms with E-state index in [1.807, 2.05) is 12.2 Å². The second-order valence-corrected chi connectivity index (χ2v) is 15.2. The average Bonchev–Trinajstić information content (AvgIpc) is 3.17. The molecule has 0 aliphatic rings. The van der Waals surface area contributed by atoms with Crippen molar-refractivity contribution in [1.29, 1.82) is 0 Å². The summed E-state index contributed by atoms with van der Waals surface area (Å²) in [5, 5.41) is 8.88. The van der Waals surface area contributed by atoms with E-state index in [4.69, 9.17) is 24.8 Å². The maximum atomic E-state index is 12.6. The van der Waals surface area contributed by atoms with Crippen molar-refractivity contribution in [2.75, 3.05) is 19.8 Å². The van der Waals surface area contributed by atoms with Crippen LogP contribution < -0.4 is 5.73 Å². The fourth-order valence-corrected chi connectivity index (χ4v) is 5.93. The van der Waals surface area contributed by atoms with Crippen LogP contribution in [-0.2, 0) is 37.5 Å². The van der Waals surface area contributed by atoms with Gasteiger partial charge in [0.25, 0.3) is 0 Å². The Hall–Kier alpha value is -3.08. The van der Waals surface area contributed by atoms with Gasteiger partial charge < -0.3 is 25.2 Å². The first-order chi connectivity index (χ1) is 27.1. The van der Waals surface area contributed by atoms with Crippen molar-refractivity contribution in [3.05, 3.63) is 72.9 Å². The molecule has 0 aliphatic heterocycles. The number of ether oxygens (including phenoxy) is 2. The molecule has 12 heteroatoms. The Morgan fingerprint density at radius 1 is 0.571 bits per heavy atom. The van der Waals surface area contributed by atoms with E-state index in [1.165, 1.54) is 57.8 Å². The number of hydrogen-bond acceptors (Lipinski definition) is 9. The lowest BCUT2D eigenvalue weighted by Crippen LogP contribution is -2.34. The van der Waals surface area contributed by atoms with Crippen molar-refractivity contribution >= 4 is 25.7 Å². The molecule has 56 heavy (non-hydrogen) atoms. The van der Waals surface area contributed by atoms with Gasteiger partial charge in [0.2, 0.25) is 0 Å². The van der Waals surface area contributed by atoms with Crippen LogP contribution in [0.25, 0.3) is 0 Å². The third-order valence-corrected chi connectivity index (χ3v) is 9.39. The van der Waals surface area contributed by atoms with Gasteiger partial charge in [-0.05, 0) is 77.0 Å². The predicted molar refractivity (Wildman–Crippen MR) is 226 cm³/mol. The number of carbonyl (C=O) groups excluding carboxylic acids is 2. The Morgan fingerprint density at radius 3 is 1.57 bits per heavy atom. The number of hydrogen-bond donors (Lipinski definition) is 3. The Labute approximate surface area is 338 Å². The maximum Gasteiger partial charge on any atom is 0.472 e. The van der Waals surface area contributed by atoms with Crippen LogP contribution in [-0.4, -0.2) is 59.9 Å². The van der Waals surface area contributed by atoms with Crippen molar-refractivity contribution in [3.63, 3.8) is 0 Å². The zero-order chi connectivity index (χ0) is 41.4. The first-order valence-electron chi connectivity index (χ1n) is 21.0. The van der Waals surface area contributed by atoms with Crippen molar-refractivity contribution in [2.45, 2.75) is 167 Å². The molecule has 0 spiro atoms. The summed E-state index contributed by atoms with van der Waals surface area (Å²) in [7, 11) is -4.74. The van der Waals surface area contributed by atoms with Crippen LogP contribution in [0, 0.1) is 0 Å². The molecular formula is C44H74NO10P. The van der Waals surface area contributed by atoms with E-state index >= 15 is 0 Å². The standard InChI is InChI=1S/C44H74NO10P/c1-3-5-7-9-11-13-15-17-19-20-22-24-26-28-30-32-34-36-43(47)55-40(38-53-56(50,51)54-39-41(45)44(48)49)37-52-42(46)35-33-31-29-27-25-23-21-18-16-14-12-10-8-6-4-2/h5,7,11,13,17,19,22,24-25,27-28,30,40-41H,3-4,6,8-10,12,14-16,18,20-21,23,26,29,31-39,45H2,1-2H3,(H,48,49)(H,50,51)/b7-5+,13-11+,19-17+,24-22+,27-25+,30-28+/t40-,41+/m1/s1. The molecule has 0 bridgehead atoms. The van der Waals surface area contributed by atoms with Crippen LogP contribution >= 0.6 is 7.82 Å². The number of phosphoric acid groups is 1. The summed E-state index contributed by atoms with van der Waals surface area (Å²) >= 11 is 0. The summed E-state index contributed by atoms with van der Waals surface area (Å²) in [6.07, 6.45) is 45.5. The second-order valence-electron chi connectivity index (χ2n) is 13.7. The summed E-state index contributed by atoms with van der Waals surface area (Å²) in [5.41, 5.74) is 5.32. The Morgan fingerprint density at radius 2 is 1.02 bits per heavy atom. The van der Waals surface area contributed by atoms with Gasteiger partial charge in [0.1, 0.15) is 12.6 Å². The quantitative estimate of drug-likeness (QED) is 0.0235. The van der Waals surface area contributed by atoms with E-state index in [1.54, 1.807) is 0 Å². The molecule has 0 aromatic carbocycles. The number of nitrogens with two attached hydrogens (primary N) is 1. The Kier molecular flexibility index (Phi) is 36.6. The number of carboxylic acids is 1. The first-order valence-corrected chi connectivity index (χ1v) is 22.5. The van der Waals surface area contributed by atoms with Crippen LogP contribution in [0.15, 0.2) is 72.9 Å². The minimum Gasteiger partial charge on any atom is -0.480 e. The molecule has 0 aromatic heterocycles. The van der Waals surface area contributed by atoms with Gasteiger partial charge in [0, 0.05) is 12.8 Å². The Balaban J connectivity index is 4.53. The lowest BCUT2D eigenvalue weighted by Gasteiger charge is -2.20. The first kappa shape index (κ1) is 52.9. The van der Waals surface area contributed by atoms with E-state index in [0.29, 0.717) is 19.3 Å². The molecule has 3 atom stereocenters. The van der Waals surface area contributed by atoms with E-state index in [-0.39, 0.29) is 19.4 Å². The number of phosphoric ester groups is 1. The number of rotatable bonds is 38. The predicted octanol–water partition coefficient (Wildman–Crippen LogP) is 10.9. The summed E-state index contributed by atoms with van der Waals surface area (Å²) in [6.45, 7) is 2.59. The van der Waals surface area contributed by atoms with Crippen LogP contribution in [0.4, 0.5) is 0 Å². The molecule has 0 fully saturated rings. The van der Waals surface area contributed by atoms with Gasteiger partial charge in [0.15, 0.2) is 6.10 Å². The summed E-state index contributed by atoms with van der Waals surface area (Å²) in [5.74, 6) is -2.49. The van der Waals surface area contributed by atoms with Crippen molar-refractivity contribution in [1.82, 2.24) is 0 Å². The number of carbonyl (C=O) groups is 3. The van der Waals surface area contributed by atoms with Gasteiger partial charge >= 0.3 is 25.7 Å². The molecule has 0 saturated carbocycles. The van der Waals surface area contributed by atoms with E-state index in [0.717, 1.165) is 51.4 Å². The smallest absolute Gasteiger partial charge is 0.472 e. The molecule has 0 heterocycles. The third-order valence-electron chi connectivity index (χ3n) is 8.44. The lowest BCUT2D eigenvalue weighted by molar-refractivity contribution is -0.161. The highest BCUT2D eigenvalue weighted by molar-refractivity contribution is 7.47. The number of aliphatic carboxylic acids is 1. The fourth-order valence-electron chi connectivity index (χ4n) is 5.15. The third kappa shape index (κ3) is 37.8. The van der Waals surface area contributed by atoms with Crippen LogP contribution in [0.2, 0.25) is 0 Å². The molecule has 0 rings (SSSR count). The van der Waals surface area contributed by atoms with Crippen molar-refractivity contribution in [2.24, 2.45) is 5.73 Å². The highest BCUT2D eigenvalue weighted by Crippen LogP contribution is 2.43. The largest absolute Gasteiger partial charge is 0.480 e. The van der Waals surface area contributed by atoms with Crippen LogP contribution in [0.1, 0.15) is 155 Å². The zero-order valence-electron chi connectivity index (χ0n) is 34.4. The van der Waals surface area contributed by atoms with Crippen molar-refractivity contribution < 1.29 is 47.5 Å². The molecule has 4 N–H and O–H groups in total. The summed E-state index contributed by atoms with van der Waals surface area (Å²) in [4.78, 5) is 45.9. The number of esters is 2. The van der Waals surface area contributed by atoms with Gasteiger partial charge in [-0.15, -0.1) is 0 Å². The highest BCUT2D eigenvalue weighted by Gasteiger charge is 2.28. The molecular weight excluding hydrogens is 733 g/mol. The van der Waals surface area contributed by atoms with Crippen molar-refractivity contribution in [3.8, 4) is 0 Å². The van der Waals surface area contributed by atoms with Gasteiger partial charge in [0.05, 0.1) is 13.2 Å². The minimum atomic E-state index is -4.74. The molecule has 0 radical (unpaired) electrons. The minimum absolute atomic E-state index is 0.0755. The van der Waals surface area contributed by atoms with Gasteiger partial charge in [-0.2, -0.15) is 0 Å². The second kappa shape index (κ2) is 38.8. The zero-order valence-corrected chi connectivity index (χ0v) is 35.3. The fraction of sp³-hybridized carbons (Fsp3) is 0.659. The normalized spacial score (nSPS) is 14.5.